The number of para-hydroxylation sites is 1. The fourth-order valence-electron chi connectivity index (χ4n) is 3.53. The van der Waals surface area contributed by atoms with Crippen molar-refractivity contribution in [2.75, 3.05) is 10.9 Å². The van der Waals surface area contributed by atoms with Gasteiger partial charge in [0.15, 0.2) is 0 Å². The van der Waals surface area contributed by atoms with Crippen LogP contribution in [0, 0.1) is 13.8 Å². The molecular formula is C18H22N2O4S. The van der Waals surface area contributed by atoms with Crippen LogP contribution in [0.1, 0.15) is 41.2 Å². The molecule has 1 aliphatic heterocycles. The Balaban J connectivity index is 2.12. The van der Waals surface area contributed by atoms with Crippen LogP contribution in [0.2, 0.25) is 0 Å². The predicted octanol–water partition coefficient (Wildman–Crippen LogP) is 2.95. The van der Waals surface area contributed by atoms with Gasteiger partial charge in [0.1, 0.15) is 10.6 Å². The van der Waals surface area contributed by atoms with Crippen LogP contribution in [0.5, 0.6) is 0 Å². The lowest BCUT2D eigenvalue weighted by atomic mass is 10.1. The van der Waals surface area contributed by atoms with Crippen molar-refractivity contribution >= 4 is 21.7 Å². The molecule has 25 heavy (non-hydrogen) atoms. The Hall–Kier alpha value is -2.28. The molecule has 2 aromatic rings. The highest BCUT2D eigenvalue weighted by atomic mass is 32.2. The Morgan fingerprint density at radius 1 is 1.32 bits per heavy atom. The second-order valence-electron chi connectivity index (χ2n) is 6.28. The predicted molar refractivity (Wildman–Crippen MR) is 95.5 cm³/mol. The molecule has 134 valence electrons. The van der Waals surface area contributed by atoms with Gasteiger partial charge in [-0.1, -0.05) is 18.2 Å². The van der Waals surface area contributed by atoms with Crippen LogP contribution < -0.4 is 4.31 Å². The van der Waals surface area contributed by atoms with Crippen LogP contribution in [0.3, 0.4) is 0 Å². The maximum atomic E-state index is 13.4. The topological polar surface area (TPSA) is 79.5 Å². The number of nitrogens with one attached hydrogen (secondary N) is 1. The number of ether oxygens (including phenoxy) is 1. The molecule has 3 rings (SSSR count). The summed E-state index contributed by atoms with van der Waals surface area (Å²) in [5.74, 6) is -0.542. The summed E-state index contributed by atoms with van der Waals surface area (Å²) in [7, 11) is -3.80. The molecular weight excluding hydrogens is 340 g/mol. The fourth-order valence-corrected chi connectivity index (χ4v) is 5.64. The number of aromatic nitrogens is 1. The van der Waals surface area contributed by atoms with Crippen LogP contribution in [0.25, 0.3) is 0 Å². The third-order valence-electron chi connectivity index (χ3n) is 4.51. The number of hydrogen-bond donors (Lipinski definition) is 1. The average molecular weight is 362 g/mol. The molecule has 7 heteroatoms. The summed E-state index contributed by atoms with van der Waals surface area (Å²) in [6.07, 6.45) is 0.669. The highest BCUT2D eigenvalue weighted by molar-refractivity contribution is 7.93. The third-order valence-corrected chi connectivity index (χ3v) is 6.71. The summed E-state index contributed by atoms with van der Waals surface area (Å²) in [6, 6.07) is 7.33. The average Bonchev–Trinajstić information content (AvgIpc) is 3.03. The first kappa shape index (κ1) is 17.5. The molecule has 0 saturated carbocycles. The minimum absolute atomic E-state index is 0.152. The van der Waals surface area contributed by atoms with Crippen LogP contribution in [-0.2, 0) is 21.2 Å². The van der Waals surface area contributed by atoms with E-state index < -0.39 is 16.0 Å². The Morgan fingerprint density at radius 2 is 2.00 bits per heavy atom. The zero-order valence-electron chi connectivity index (χ0n) is 14.8. The molecule has 1 atom stereocenters. The van der Waals surface area contributed by atoms with Crippen molar-refractivity contribution in [3.05, 3.63) is 46.8 Å². The maximum absolute atomic E-state index is 13.4. The van der Waals surface area contributed by atoms with Gasteiger partial charge in [-0.3, -0.25) is 4.31 Å². The standard InChI is InChI=1S/C18H22N2O4S/c1-5-24-18(21)16-12(3)17(13(4)19-16)25(22,23)20-11(2)10-14-8-6-7-9-15(14)20/h6-9,11,19H,5,10H2,1-4H3. The van der Waals surface area contributed by atoms with Gasteiger partial charge in [0.2, 0.25) is 0 Å². The van der Waals surface area contributed by atoms with Crippen molar-refractivity contribution in [2.45, 2.75) is 45.1 Å². The molecule has 1 aromatic heterocycles. The Kier molecular flexibility index (Phi) is 4.36. The van der Waals surface area contributed by atoms with E-state index in [2.05, 4.69) is 4.98 Å². The summed E-state index contributed by atoms with van der Waals surface area (Å²) >= 11 is 0. The monoisotopic (exact) mass is 362 g/mol. The number of aryl methyl sites for hydroxylation is 1. The minimum atomic E-state index is -3.80. The molecule has 0 spiro atoms. The number of carbonyl (C=O) groups excluding carboxylic acids is 1. The second kappa shape index (κ2) is 6.22. The molecule has 2 heterocycles. The van der Waals surface area contributed by atoms with Gasteiger partial charge in [0.25, 0.3) is 10.0 Å². The third kappa shape index (κ3) is 2.72. The van der Waals surface area contributed by atoms with Gasteiger partial charge in [0, 0.05) is 17.3 Å². The molecule has 0 amide bonds. The van der Waals surface area contributed by atoms with E-state index >= 15 is 0 Å². The number of aromatic amines is 1. The number of sulfonamides is 1. The van der Waals surface area contributed by atoms with Crippen LogP contribution in [0.4, 0.5) is 5.69 Å². The highest BCUT2D eigenvalue weighted by Gasteiger charge is 2.39. The Bertz CT molecular complexity index is 931. The van der Waals surface area contributed by atoms with Crippen molar-refractivity contribution in [1.29, 1.82) is 0 Å². The Labute approximate surface area is 147 Å². The molecule has 1 N–H and O–H groups in total. The molecule has 0 radical (unpaired) electrons. The van der Waals surface area contributed by atoms with E-state index in [1.54, 1.807) is 20.8 Å². The Morgan fingerprint density at radius 3 is 2.68 bits per heavy atom. The van der Waals surface area contributed by atoms with Crippen LogP contribution in [0.15, 0.2) is 29.2 Å². The first-order chi connectivity index (χ1) is 11.8. The van der Waals surface area contributed by atoms with Gasteiger partial charge in [0.05, 0.1) is 12.3 Å². The number of esters is 1. The lowest BCUT2D eigenvalue weighted by Gasteiger charge is -2.25. The van der Waals surface area contributed by atoms with E-state index in [-0.39, 0.29) is 23.2 Å². The van der Waals surface area contributed by atoms with Crippen molar-refractivity contribution < 1.29 is 17.9 Å². The van der Waals surface area contributed by atoms with Crippen molar-refractivity contribution in [2.24, 2.45) is 0 Å². The number of H-pyrrole nitrogens is 1. The zero-order chi connectivity index (χ0) is 18.4. The van der Waals surface area contributed by atoms with Crippen LogP contribution in [-0.4, -0.2) is 32.0 Å². The molecule has 1 unspecified atom stereocenters. The van der Waals surface area contributed by atoms with Crippen molar-refractivity contribution in [3.63, 3.8) is 0 Å². The van der Waals surface area contributed by atoms with Crippen LogP contribution >= 0.6 is 0 Å². The number of nitrogens with zero attached hydrogens (tertiary/aromatic N) is 1. The lowest BCUT2D eigenvalue weighted by molar-refractivity contribution is 0.0519. The molecule has 0 bridgehead atoms. The minimum Gasteiger partial charge on any atom is -0.461 e. The molecule has 0 saturated heterocycles. The number of carbonyl (C=O) groups is 1. The largest absolute Gasteiger partial charge is 0.461 e. The number of fused-ring (bicyclic) bond motifs is 1. The quantitative estimate of drug-likeness (QED) is 0.848. The van der Waals surface area contributed by atoms with Gasteiger partial charge < -0.3 is 9.72 Å². The van der Waals surface area contributed by atoms with E-state index in [0.29, 0.717) is 23.4 Å². The first-order valence-electron chi connectivity index (χ1n) is 8.27. The maximum Gasteiger partial charge on any atom is 0.355 e. The van der Waals surface area contributed by atoms with Gasteiger partial charge in [-0.05, 0) is 45.7 Å². The van der Waals surface area contributed by atoms with Gasteiger partial charge in [-0.2, -0.15) is 0 Å². The SMILES string of the molecule is CCOC(=O)c1[nH]c(C)c(S(=O)(=O)N2c3ccccc3CC2C)c1C. The molecule has 6 nitrogen and oxygen atoms in total. The van der Waals surface area contributed by atoms with Gasteiger partial charge >= 0.3 is 5.97 Å². The van der Waals surface area contributed by atoms with Crippen molar-refractivity contribution in [3.8, 4) is 0 Å². The van der Waals surface area contributed by atoms with Gasteiger partial charge in [-0.25, -0.2) is 13.2 Å². The summed E-state index contributed by atoms with van der Waals surface area (Å²) in [5.41, 5.74) is 2.74. The fraction of sp³-hybridized carbons (Fsp3) is 0.389. The second-order valence-corrected chi connectivity index (χ2v) is 8.03. The van der Waals surface area contributed by atoms with Gasteiger partial charge in [-0.15, -0.1) is 0 Å². The number of rotatable bonds is 4. The smallest absolute Gasteiger partial charge is 0.355 e. The summed E-state index contributed by atoms with van der Waals surface area (Å²) in [4.78, 5) is 15.1. The number of hydrogen-bond acceptors (Lipinski definition) is 4. The van der Waals surface area contributed by atoms with E-state index in [0.717, 1.165) is 5.56 Å². The summed E-state index contributed by atoms with van der Waals surface area (Å²) < 4.78 is 33.3. The molecule has 0 fully saturated rings. The van der Waals surface area contributed by atoms with E-state index in [9.17, 15) is 13.2 Å². The van der Waals surface area contributed by atoms with Crippen molar-refractivity contribution in [1.82, 2.24) is 4.98 Å². The molecule has 1 aliphatic rings. The van der Waals surface area contributed by atoms with E-state index in [1.807, 2.05) is 31.2 Å². The van der Waals surface area contributed by atoms with E-state index in [1.165, 1.54) is 4.31 Å². The molecule has 1 aromatic carbocycles. The summed E-state index contributed by atoms with van der Waals surface area (Å²) in [6.45, 7) is 7.13. The normalized spacial score (nSPS) is 16.8. The summed E-state index contributed by atoms with van der Waals surface area (Å²) in [5, 5.41) is 0. The van der Waals surface area contributed by atoms with E-state index in [4.69, 9.17) is 4.74 Å². The lowest BCUT2D eigenvalue weighted by Crippen LogP contribution is -2.36. The first-order valence-corrected chi connectivity index (χ1v) is 9.71. The number of anilines is 1. The highest BCUT2D eigenvalue weighted by Crippen LogP contribution is 2.38. The zero-order valence-corrected chi connectivity index (χ0v) is 15.6. The molecule has 0 aliphatic carbocycles. The number of benzene rings is 1.